The molecule has 3 aromatic rings. The molecule has 0 saturated carbocycles. The Kier molecular flexibility index (Phi) is 3.73. The van der Waals surface area contributed by atoms with E-state index in [-0.39, 0.29) is 5.82 Å². The highest BCUT2D eigenvalue weighted by molar-refractivity contribution is 5.53. The molecular formula is C19H19N5O4. The molecular weight excluding hydrogens is 362 g/mol. The van der Waals surface area contributed by atoms with Crippen molar-refractivity contribution in [3.63, 3.8) is 0 Å². The number of pyridine rings is 1. The number of imidazole rings is 1. The van der Waals surface area contributed by atoms with E-state index in [2.05, 4.69) is 16.0 Å². The van der Waals surface area contributed by atoms with Gasteiger partial charge in [0, 0.05) is 36.7 Å². The Labute approximate surface area is 160 Å². The zero-order valence-corrected chi connectivity index (χ0v) is 15.4. The zero-order chi connectivity index (χ0) is 19.3. The summed E-state index contributed by atoms with van der Waals surface area (Å²) in [4.78, 5) is 21.4. The molecule has 0 N–H and O–H groups in total. The van der Waals surface area contributed by atoms with E-state index in [0.29, 0.717) is 19.1 Å². The van der Waals surface area contributed by atoms with Crippen molar-refractivity contribution in [3.05, 3.63) is 58.1 Å². The standard InChI is InChI=1S/C19H19N5O4/c1-19(12-23-10-17(24(25)26)21-18(23)28-19)11-22-7-6-14-13(9-22)4-5-15(20-14)16-3-2-8-27-16/h2-5,8,10H,6-7,9,11-12H2,1H3/t19-/m0/s1. The molecule has 0 saturated heterocycles. The minimum absolute atomic E-state index is 0.178. The Bertz CT molecular complexity index is 1020. The summed E-state index contributed by atoms with van der Waals surface area (Å²) in [5.41, 5.74) is 2.70. The highest BCUT2D eigenvalue weighted by atomic mass is 16.6. The topological polar surface area (TPSA) is 99.5 Å². The van der Waals surface area contributed by atoms with Gasteiger partial charge in [-0.15, -0.1) is 0 Å². The summed E-state index contributed by atoms with van der Waals surface area (Å²) in [6, 6.07) is 8.19. The summed E-state index contributed by atoms with van der Waals surface area (Å²) in [6.07, 6.45) is 3.95. The number of fused-ring (bicyclic) bond motifs is 2. The lowest BCUT2D eigenvalue weighted by Crippen LogP contribution is -2.46. The van der Waals surface area contributed by atoms with Crippen LogP contribution in [0.15, 0.2) is 41.1 Å². The first-order chi connectivity index (χ1) is 13.5. The fourth-order valence-electron chi connectivity index (χ4n) is 4.01. The van der Waals surface area contributed by atoms with E-state index in [1.54, 1.807) is 10.8 Å². The Morgan fingerprint density at radius 2 is 2.21 bits per heavy atom. The van der Waals surface area contributed by atoms with Crippen LogP contribution in [0.2, 0.25) is 0 Å². The molecule has 2 aliphatic heterocycles. The molecule has 3 aromatic heterocycles. The number of aromatic nitrogens is 3. The zero-order valence-electron chi connectivity index (χ0n) is 15.4. The number of hydrogen-bond acceptors (Lipinski definition) is 7. The van der Waals surface area contributed by atoms with Crippen LogP contribution in [0.3, 0.4) is 0 Å². The van der Waals surface area contributed by atoms with E-state index in [1.807, 2.05) is 25.1 Å². The summed E-state index contributed by atoms with van der Waals surface area (Å²) in [5.74, 6) is 0.600. The van der Waals surface area contributed by atoms with Crippen molar-refractivity contribution in [2.75, 3.05) is 13.1 Å². The maximum absolute atomic E-state index is 10.9. The van der Waals surface area contributed by atoms with E-state index < -0.39 is 10.5 Å². The fourth-order valence-corrected chi connectivity index (χ4v) is 4.01. The minimum Gasteiger partial charge on any atom is -0.463 e. The van der Waals surface area contributed by atoms with Gasteiger partial charge in [0.1, 0.15) is 17.5 Å². The quantitative estimate of drug-likeness (QED) is 0.506. The number of hydrogen-bond donors (Lipinski definition) is 0. The lowest BCUT2D eigenvalue weighted by Gasteiger charge is -2.34. The van der Waals surface area contributed by atoms with Gasteiger partial charge in [-0.25, -0.2) is 4.98 Å². The summed E-state index contributed by atoms with van der Waals surface area (Å²) in [7, 11) is 0. The smallest absolute Gasteiger partial charge is 0.415 e. The summed E-state index contributed by atoms with van der Waals surface area (Å²) >= 11 is 0. The second-order valence-electron chi connectivity index (χ2n) is 7.56. The van der Waals surface area contributed by atoms with Crippen LogP contribution in [0.1, 0.15) is 18.2 Å². The number of nitrogens with zero attached hydrogens (tertiary/aromatic N) is 5. The van der Waals surface area contributed by atoms with Crippen molar-refractivity contribution >= 4 is 5.82 Å². The van der Waals surface area contributed by atoms with Gasteiger partial charge in [0.15, 0.2) is 5.76 Å². The molecule has 0 amide bonds. The summed E-state index contributed by atoms with van der Waals surface area (Å²) in [6.45, 7) is 4.94. The van der Waals surface area contributed by atoms with E-state index in [9.17, 15) is 10.1 Å². The third-order valence-corrected chi connectivity index (χ3v) is 5.22. The Hall–Kier alpha value is -3.20. The van der Waals surface area contributed by atoms with Gasteiger partial charge in [0.2, 0.25) is 0 Å². The van der Waals surface area contributed by atoms with Crippen LogP contribution in [0.25, 0.3) is 11.5 Å². The van der Waals surface area contributed by atoms with Crippen molar-refractivity contribution in [1.82, 2.24) is 19.4 Å². The largest absolute Gasteiger partial charge is 0.463 e. The van der Waals surface area contributed by atoms with Gasteiger partial charge in [-0.3, -0.25) is 9.47 Å². The molecule has 1 atom stereocenters. The summed E-state index contributed by atoms with van der Waals surface area (Å²) < 4.78 is 13.1. The number of rotatable bonds is 4. The molecule has 0 radical (unpaired) electrons. The molecule has 0 aromatic carbocycles. The molecule has 0 fully saturated rings. The lowest BCUT2D eigenvalue weighted by molar-refractivity contribution is -0.389. The van der Waals surface area contributed by atoms with Gasteiger partial charge in [-0.2, -0.15) is 0 Å². The van der Waals surface area contributed by atoms with Crippen molar-refractivity contribution in [2.45, 2.75) is 32.0 Å². The molecule has 2 aliphatic rings. The predicted octanol–water partition coefficient (Wildman–Crippen LogP) is 2.66. The van der Waals surface area contributed by atoms with Crippen LogP contribution < -0.4 is 4.74 Å². The second kappa shape index (κ2) is 6.16. The van der Waals surface area contributed by atoms with Crippen molar-refractivity contribution in [1.29, 1.82) is 0 Å². The number of furan rings is 1. The molecule has 0 aliphatic carbocycles. The molecule has 9 nitrogen and oxygen atoms in total. The molecule has 0 bridgehead atoms. The monoisotopic (exact) mass is 381 g/mol. The van der Waals surface area contributed by atoms with Crippen LogP contribution in [-0.4, -0.2) is 43.0 Å². The highest BCUT2D eigenvalue weighted by Gasteiger charge is 2.41. The SMILES string of the molecule is C[C@]1(CN2CCc3nc(-c4ccco4)ccc3C2)Cn2cc([N+](=O)[O-])nc2O1. The minimum atomic E-state index is -0.502. The van der Waals surface area contributed by atoms with Crippen molar-refractivity contribution in [3.8, 4) is 17.5 Å². The Morgan fingerprint density at radius 3 is 2.96 bits per heavy atom. The van der Waals surface area contributed by atoms with Crippen LogP contribution in [0.5, 0.6) is 6.01 Å². The average molecular weight is 381 g/mol. The number of nitro groups is 1. The van der Waals surface area contributed by atoms with Crippen molar-refractivity contribution in [2.24, 2.45) is 0 Å². The maximum atomic E-state index is 10.9. The van der Waals surface area contributed by atoms with Crippen LogP contribution in [-0.2, 0) is 19.5 Å². The third kappa shape index (κ3) is 2.93. The molecule has 0 spiro atoms. The van der Waals surface area contributed by atoms with E-state index in [0.717, 1.165) is 36.7 Å². The lowest BCUT2D eigenvalue weighted by atomic mass is 10.0. The first-order valence-electron chi connectivity index (χ1n) is 9.15. The number of ether oxygens (including phenoxy) is 1. The highest BCUT2D eigenvalue weighted by Crippen LogP contribution is 2.32. The van der Waals surface area contributed by atoms with Crippen LogP contribution >= 0.6 is 0 Å². The Morgan fingerprint density at radius 1 is 1.32 bits per heavy atom. The Balaban J connectivity index is 1.28. The molecule has 0 unspecified atom stereocenters. The molecule has 5 heterocycles. The summed E-state index contributed by atoms with van der Waals surface area (Å²) in [5, 5.41) is 10.9. The normalized spacial score (nSPS) is 21.2. The van der Waals surface area contributed by atoms with Gasteiger partial charge in [-0.05, 0) is 35.6 Å². The first-order valence-corrected chi connectivity index (χ1v) is 9.15. The van der Waals surface area contributed by atoms with E-state index in [1.165, 1.54) is 11.8 Å². The predicted molar refractivity (Wildman–Crippen MR) is 98.8 cm³/mol. The third-order valence-electron chi connectivity index (χ3n) is 5.22. The van der Waals surface area contributed by atoms with Crippen LogP contribution in [0, 0.1) is 10.1 Å². The molecule has 144 valence electrons. The first kappa shape index (κ1) is 16.9. The van der Waals surface area contributed by atoms with Gasteiger partial charge >= 0.3 is 11.8 Å². The van der Waals surface area contributed by atoms with Gasteiger partial charge in [0.05, 0.1) is 12.8 Å². The van der Waals surface area contributed by atoms with Crippen molar-refractivity contribution < 1.29 is 14.1 Å². The second-order valence-corrected chi connectivity index (χ2v) is 7.56. The van der Waals surface area contributed by atoms with E-state index >= 15 is 0 Å². The molecule has 9 heteroatoms. The maximum Gasteiger partial charge on any atom is 0.415 e. The van der Waals surface area contributed by atoms with Gasteiger partial charge in [0.25, 0.3) is 0 Å². The van der Waals surface area contributed by atoms with E-state index in [4.69, 9.17) is 14.1 Å². The fraction of sp³-hybridized carbons (Fsp3) is 0.368. The molecule has 28 heavy (non-hydrogen) atoms. The van der Waals surface area contributed by atoms with Gasteiger partial charge in [-0.1, -0.05) is 6.07 Å². The molecule has 5 rings (SSSR count). The average Bonchev–Trinajstić information content (AvgIpc) is 3.36. The van der Waals surface area contributed by atoms with Crippen LogP contribution in [0.4, 0.5) is 5.82 Å². The van der Waals surface area contributed by atoms with Gasteiger partial charge < -0.3 is 19.3 Å².